The fourth-order valence-corrected chi connectivity index (χ4v) is 1.18. The second-order valence-electron chi connectivity index (χ2n) is 3.06. The van der Waals surface area contributed by atoms with Crippen molar-refractivity contribution in [3.8, 4) is 0 Å². The van der Waals surface area contributed by atoms with Gasteiger partial charge in [-0.2, -0.15) is 0 Å². The topological polar surface area (TPSA) is 0 Å². The first kappa shape index (κ1) is 15.4. The maximum absolute atomic E-state index is 4.57. The van der Waals surface area contributed by atoms with Crippen molar-refractivity contribution in [3.05, 3.63) is 56.4 Å². The number of allylic oxidation sites excluding steroid dienone is 4. The van der Waals surface area contributed by atoms with Crippen LogP contribution in [0.25, 0.3) is 0 Å². The number of rotatable bonds is 0. The Labute approximate surface area is 109 Å². The molecular formula is C13H17ClRu+. The van der Waals surface area contributed by atoms with Gasteiger partial charge in [-0.25, -0.2) is 0 Å². The van der Waals surface area contributed by atoms with Crippen molar-refractivity contribution in [1.29, 1.82) is 0 Å². The van der Waals surface area contributed by atoms with Crippen molar-refractivity contribution >= 4 is 9.69 Å². The van der Waals surface area contributed by atoms with E-state index in [1.807, 2.05) is 49.4 Å². The molecule has 1 saturated carbocycles. The van der Waals surface area contributed by atoms with E-state index in [0.717, 1.165) is 0 Å². The van der Waals surface area contributed by atoms with Crippen LogP contribution in [0.3, 0.4) is 0 Å². The molecular weight excluding hydrogens is 293 g/mol. The zero-order valence-corrected chi connectivity index (χ0v) is 11.3. The summed E-state index contributed by atoms with van der Waals surface area (Å²) in [5.74, 6) is 0. The molecule has 0 aromatic carbocycles. The summed E-state index contributed by atoms with van der Waals surface area (Å²) in [7, 11) is 4.57. The van der Waals surface area contributed by atoms with Gasteiger partial charge in [0.2, 0.25) is 0 Å². The normalized spacial score (nSPS) is 19.1. The van der Waals surface area contributed by atoms with E-state index in [1.165, 1.54) is 25.7 Å². The van der Waals surface area contributed by atoms with Crippen LogP contribution in [0.4, 0.5) is 0 Å². The summed E-state index contributed by atoms with van der Waals surface area (Å²) < 4.78 is 0. The molecule has 0 atom stereocenters. The first-order chi connectivity index (χ1) is 7.50. The fraction of sp³-hybridized carbons (Fsp3) is 0.308. The van der Waals surface area contributed by atoms with Gasteiger partial charge < -0.3 is 0 Å². The predicted molar refractivity (Wildman–Crippen MR) is 64.1 cm³/mol. The molecule has 0 heterocycles. The second kappa shape index (κ2) is 14.4. The van der Waals surface area contributed by atoms with Gasteiger partial charge in [0, 0.05) is 0 Å². The molecule has 0 aromatic heterocycles. The molecule has 2 rings (SSSR count). The summed E-state index contributed by atoms with van der Waals surface area (Å²) in [6.07, 6.45) is 24.0. The van der Waals surface area contributed by atoms with Crippen LogP contribution in [-0.2, 0) is 17.3 Å². The molecule has 1 fully saturated rings. The molecule has 0 N–H and O–H groups in total. The van der Waals surface area contributed by atoms with Crippen LogP contribution < -0.4 is 0 Å². The average Bonchev–Trinajstić information content (AvgIpc) is 2.77. The molecule has 2 aliphatic rings. The molecule has 5 radical (unpaired) electrons. The quantitative estimate of drug-likeness (QED) is 0.460. The van der Waals surface area contributed by atoms with Gasteiger partial charge in [0.25, 0.3) is 0 Å². The van der Waals surface area contributed by atoms with Crippen molar-refractivity contribution in [2.24, 2.45) is 0 Å². The van der Waals surface area contributed by atoms with Gasteiger partial charge in [0.15, 0.2) is 0 Å². The van der Waals surface area contributed by atoms with Crippen LogP contribution in [0.1, 0.15) is 25.7 Å². The van der Waals surface area contributed by atoms with Crippen molar-refractivity contribution in [2.45, 2.75) is 25.7 Å². The molecule has 15 heavy (non-hydrogen) atoms. The van der Waals surface area contributed by atoms with E-state index >= 15 is 0 Å². The van der Waals surface area contributed by atoms with E-state index < -0.39 is 0 Å². The molecule has 83 valence electrons. The molecule has 0 aromatic rings. The third kappa shape index (κ3) is 12.3. The SMILES string of the molecule is C1=CCCC=CCC1.[CH]1[CH][CH][CH][CH]1.[Cl][Ru+]. The van der Waals surface area contributed by atoms with Crippen LogP contribution in [0, 0.1) is 32.1 Å². The Kier molecular flexibility index (Phi) is 14.8. The first-order valence-corrected chi connectivity index (χ1v) is 7.34. The summed E-state index contributed by atoms with van der Waals surface area (Å²) in [6.45, 7) is 0. The number of halogens is 1. The first-order valence-electron chi connectivity index (χ1n) is 5.10. The minimum atomic E-state index is 1.23. The summed E-state index contributed by atoms with van der Waals surface area (Å²) in [5, 5.41) is 0. The molecule has 2 aliphatic carbocycles. The van der Waals surface area contributed by atoms with Gasteiger partial charge in [-0.3, -0.25) is 0 Å². The Morgan fingerprint density at radius 1 is 0.533 bits per heavy atom. The standard InChI is InChI=1S/C8H12.C5H5.ClH.Ru/c1-2-4-6-8-7-5-3-1;1-2-4-5-3-1;;/h1-2,7-8H,3-6H2;1-5H;1H;/q;;;+2/p-1. The van der Waals surface area contributed by atoms with E-state index in [9.17, 15) is 0 Å². The molecule has 0 saturated heterocycles. The zero-order valence-electron chi connectivity index (χ0n) is 8.76. The van der Waals surface area contributed by atoms with E-state index in [-0.39, 0.29) is 0 Å². The summed E-state index contributed by atoms with van der Waals surface area (Å²) in [6, 6.07) is 0. The predicted octanol–water partition coefficient (Wildman–Crippen LogP) is 4.38. The Morgan fingerprint density at radius 3 is 0.933 bits per heavy atom. The van der Waals surface area contributed by atoms with Gasteiger partial charge in [0.1, 0.15) is 0 Å². The third-order valence-electron chi connectivity index (χ3n) is 1.89. The summed E-state index contributed by atoms with van der Waals surface area (Å²) >= 11 is 1.82. The van der Waals surface area contributed by atoms with Crippen molar-refractivity contribution < 1.29 is 17.3 Å². The van der Waals surface area contributed by atoms with Gasteiger partial charge in [-0.15, -0.1) is 0 Å². The second-order valence-corrected chi connectivity index (χ2v) is 3.06. The fourth-order valence-electron chi connectivity index (χ4n) is 1.18. The van der Waals surface area contributed by atoms with E-state index in [2.05, 4.69) is 34.0 Å². The Balaban J connectivity index is 0.000000241. The molecule has 0 bridgehead atoms. The zero-order chi connectivity index (χ0) is 11.2. The van der Waals surface area contributed by atoms with Gasteiger partial charge in [-0.05, 0) is 57.8 Å². The third-order valence-corrected chi connectivity index (χ3v) is 1.89. The summed E-state index contributed by atoms with van der Waals surface area (Å²) in [4.78, 5) is 0. The minimum absolute atomic E-state index is 1.23. The molecule has 0 amide bonds. The Bertz CT molecular complexity index is 126. The van der Waals surface area contributed by atoms with Crippen molar-refractivity contribution in [2.75, 3.05) is 0 Å². The van der Waals surface area contributed by atoms with Gasteiger partial charge in [0.05, 0.1) is 0 Å². The monoisotopic (exact) mass is 310 g/mol. The van der Waals surface area contributed by atoms with E-state index in [0.29, 0.717) is 0 Å². The Morgan fingerprint density at radius 2 is 0.733 bits per heavy atom. The van der Waals surface area contributed by atoms with E-state index in [4.69, 9.17) is 0 Å². The number of hydrogen-bond donors (Lipinski definition) is 0. The summed E-state index contributed by atoms with van der Waals surface area (Å²) in [5.41, 5.74) is 0. The molecule has 0 nitrogen and oxygen atoms in total. The maximum atomic E-state index is 4.57. The van der Waals surface area contributed by atoms with Crippen molar-refractivity contribution in [1.82, 2.24) is 0 Å². The number of hydrogen-bond acceptors (Lipinski definition) is 0. The van der Waals surface area contributed by atoms with Crippen LogP contribution in [0.2, 0.25) is 0 Å². The van der Waals surface area contributed by atoms with Gasteiger partial charge in [-0.1, -0.05) is 24.3 Å². The van der Waals surface area contributed by atoms with Crippen molar-refractivity contribution in [3.63, 3.8) is 0 Å². The van der Waals surface area contributed by atoms with Crippen LogP contribution in [-0.4, -0.2) is 0 Å². The van der Waals surface area contributed by atoms with E-state index in [1.54, 1.807) is 0 Å². The molecule has 0 unspecified atom stereocenters. The Hall–Kier alpha value is 0.393. The average molecular weight is 310 g/mol. The molecule has 2 heteroatoms. The van der Waals surface area contributed by atoms with Gasteiger partial charge >= 0.3 is 27.0 Å². The molecule has 0 spiro atoms. The van der Waals surface area contributed by atoms with Crippen LogP contribution >= 0.6 is 9.69 Å². The van der Waals surface area contributed by atoms with Crippen LogP contribution in [0.5, 0.6) is 0 Å². The van der Waals surface area contributed by atoms with Crippen LogP contribution in [0.15, 0.2) is 24.3 Å². The molecule has 0 aliphatic heterocycles.